The summed E-state index contributed by atoms with van der Waals surface area (Å²) in [5.41, 5.74) is 5.63. The highest BCUT2D eigenvalue weighted by atomic mass is 35.5. The second-order valence-corrected chi connectivity index (χ2v) is 10.4. The zero-order valence-electron chi connectivity index (χ0n) is 21.1. The lowest BCUT2D eigenvalue weighted by Gasteiger charge is -2.38. The van der Waals surface area contributed by atoms with E-state index in [0.717, 1.165) is 53.5 Å². The molecule has 0 aliphatic carbocycles. The highest BCUT2D eigenvalue weighted by molar-refractivity contribution is 6.30. The maximum Gasteiger partial charge on any atom is 0.204 e. The number of rotatable bonds is 7. The van der Waals surface area contributed by atoms with Gasteiger partial charge in [-0.1, -0.05) is 78.3 Å². The van der Waals surface area contributed by atoms with E-state index in [1.165, 1.54) is 23.3 Å². The Kier molecular flexibility index (Phi) is 7.12. The number of para-hydroxylation sites is 2. The predicted molar refractivity (Wildman–Crippen MR) is 153 cm³/mol. The van der Waals surface area contributed by atoms with Crippen LogP contribution in [-0.4, -0.2) is 33.6 Å². The quantitative estimate of drug-likeness (QED) is 0.239. The van der Waals surface area contributed by atoms with E-state index in [0.29, 0.717) is 12.6 Å². The molecule has 192 valence electrons. The average Bonchev–Trinajstić information content (AvgIpc) is 3.29. The molecule has 4 aromatic carbocycles. The number of piperidine rings is 1. The summed E-state index contributed by atoms with van der Waals surface area (Å²) in [6.07, 6.45) is 2.02. The summed E-state index contributed by atoms with van der Waals surface area (Å²) < 4.78 is 15.7. The molecular formula is C32H30ClFN4. The van der Waals surface area contributed by atoms with Gasteiger partial charge in [-0.15, -0.1) is 0 Å². The van der Waals surface area contributed by atoms with Gasteiger partial charge in [0.05, 0.1) is 23.6 Å². The van der Waals surface area contributed by atoms with Crippen molar-refractivity contribution in [2.45, 2.75) is 31.5 Å². The van der Waals surface area contributed by atoms with Crippen LogP contribution >= 0.6 is 11.6 Å². The van der Waals surface area contributed by atoms with Crippen molar-refractivity contribution >= 4 is 28.6 Å². The molecule has 6 heteroatoms. The summed E-state index contributed by atoms with van der Waals surface area (Å²) in [5.74, 6) is 0.646. The number of imidazole rings is 1. The van der Waals surface area contributed by atoms with E-state index in [9.17, 15) is 4.39 Å². The first kappa shape index (κ1) is 24.7. The fraction of sp³-hybridized carbons (Fsp3) is 0.219. The molecule has 1 aliphatic heterocycles. The zero-order valence-corrected chi connectivity index (χ0v) is 21.9. The monoisotopic (exact) mass is 524 g/mol. The number of nitrogens with one attached hydrogen (secondary N) is 1. The Bertz CT molecular complexity index is 1490. The van der Waals surface area contributed by atoms with E-state index in [2.05, 4.69) is 63.3 Å². The van der Waals surface area contributed by atoms with Gasteiger partial charge in [0.25, 0.3) is 0 Å². The lowest BCUT2D eigenvalue weighted by Crippen LogP contribution is -2.41. The standard InChI is InChI=1S/C32H30ClFN4/c33-26-14-12-25(13-15-26)31(24-6-2-1-3-7-24)37-20-18-28(19-21-37)35-32-36-29-8-4-5-9-30(29)38(32)22-23-10-16-27(34)17-11-23/h1-17,28,31H,18-22H2,(H,35,36). The van der Waals surface area contributed by atoms with Crippen LogP contribution in [0.25, 0.3) is 11.0 Å². The van der Waals surface area contributed by atoms with Crippen molar-refractivity contribution in [1.82, 2.24) is 14.5 Å². The topological polar surface area (TPSA) is 33.1 Å². The van der Waals surface area contributed by atoms with E-state index >= 15 is 0 Å². The van der Waals surface area contributed by atoms with Crippen molar-refractivity contribution in [2.75, 3.05) is 18.4 Å². The third kappa shape index (κ3) is 5.31. The van der Waals surface area contributed by atoms with Gasteiger partial charge in [0.15, 0.2) is 0 Å². The van der Waals surface area contributed by atoms with Crippen molar-refractivity contribution in [3.8, 4) is 0 Å². The maximum atomic E-state index is 13.5. The van der Waals surface area contributed by atoms with Crippen molar-refractivity contribution in [1.29, 1.82) is 0 Å². The maximum absolute atomic E-state index is 13.5. The first-order valence-corrected chi connectivity index (χ1v) is 13.5. The van der Waals surface area contributed by atoms with Gasteiger partial charge in [-0.05, 0) is 65.9 Å². The number of nitrogens with zero attached hydrogens (tertiary/aromatic N) is 3. The number of anilines is 1. The summed E-state index contributed by atoms with van der Waals surface area (Å²) in [6.45, 7) is 2.57. The van der Waals surface area contributed by atoms with Gasteiger partial charge >= 0.3 is 0 Å². The van der Waals surface area contributed by atoms with Gasteiger partial charge in [0, 0.05) is 24.2 Å². The molecule has 1 saturated heterocycles. The second kappa shape index (κ2) is 11.0. The average molecular weight is 525 g/mol. The lowest BCUT2D eigenvalue weighted by atomic mass is 9.94. The molecule has 5 aromatic rings. The normalized spacial score (nSPS) is 15.5. The number of hydrogen-bond acceptors (Lipinski definition) is 3. The SMILES string of the molecule is Fc1ccc(Cn2c(NC3CCN(C(c4ccccc4)c4ccc(Cl)cc4)CC3)nc3ccccc32)cc1. The van der Waals surface area contributed by atoms with Crippen LogP contribution in [0.2, 0.25) is 5.02 Å². The summed E-state index contributed by atoms with van der Waals surface area (Å²) in [6, 6.07) is 34.3. The molecule has 1 atom stereocenters. The summed E-state index contributed by atoms with van der Waals surface area (Å²) >= 11 is 6.20. The lowest BCUT2D eigenvalue weighted by molar-refractivity contribution is 0.179. The fourth-order valence-electron chi connectivity index (χ4n) is 5.50. The minimum atomic E-state index is -0.221. The molecule has 0 radical (unpaired) electrons. The van der Waals surface area contributed by atoms with E-state index in [1.807, 2.05) is 42.5 Å². The van der Waals surface area contributed by atoms with Gasteiger partial charge < -0.3 is 9.88 Å². The zero-order chi connectivity index (χ0) is 25.9. The summed E-state index contributed by atoms with van der Waals surface area (Å²) in [4.78, 5) is 7.50. The van der Waals surface area contributed by atoms with Crippen molar-refractivity contribution in [3.05, 3.63) is 131 Å². The molecule has 1 unspecified atom stereocenters. The highest BCUT2D eigenvalue weighted by Crippen LogP contribution is 2.33. The third-order valence-corrected chi connectivity index (χ3v) is 7.69. The van der Waals surface area contributed by atoms with Crippen LogP contribution < -0.4 is 5.32 Å². The minimum absolute atomic E-state index is 0.192. The number of halogens is 2. The van der Waals surface area contributed by atoms with E-state index in [-0.39, 0.29) is 11.9 Å². The Morgan fingerprint density at radius 2 is 1.47 bits per heavy atom. The molecule has 1 aliphatic rings. The van der Waals surface area contributed by atoms with Crippen LogP contribution in [0.3, 0.4) is 0 Å². The molecule has 0 spiro atoms. The number of likely N-dealkylation sites (tertiary alicyclic amines) is 1. The van der Waals surface area contributed by atoms with Crippen LogP contribution in [-0.2, 0) is 6.54 Å². The Hall–Kier alpha value is -3.67. The van der Waals surface area contributed by atoms with Gasteiger partial charge in [-0.2, -0.15) is 0 Å². The molecule has 2 heterocycles. The van der Waals surface area contributed by atoms with E-state index in [4.69, 9.17) is 16.6 Å². The molecule has 1 aromatic heterocycles. The van der Waals surface area contributed by atoms with Crippen molar-refractivity contribution < 1.29 is 4.39 Å². The second-order valence-electron chi connectivity index (χ2n) is 9.96. The first-order chi connectivity index (χ1) is 18.6. The highest BCUT2D eigenvalue weighted by Gasteiger charge is 2.28. The predicted octanol–water partition coefficient (Wildman–Crippen LogP) is 7.54. The van der Waals surface area contributed by atoms with Gasteiger partial charge in [-0.25, -0.2) is 9.37 Å². The number of hydrogen-bond donors (Lipinski definition) is 1. The molecule has 1 fully saturated rings. The molecule has 38 heavy (non-hydrogen) atoms. The molecule has 0 saturated carbocycles. The van der Waals surface area contributed by atoms with E-state index in [1.54, 1.807) is 0 Å². The fourth-order valence-corrected chi connectivity index (χ4v) is 5.62. The third-order valence-electron chi connectivity index (χ3n) is 7.44. The number of fused-ring (bicyclic) bond motifs is 1. The Labute approximate surface area is 227 Å². The Balaban J connectivity index is 1.21. The molecule has 6 rings (SSSR count). The van der Waals surface area contributed by atoms with Gasteiger partial charge in [0.2, 0.25) is 5.95 Å². The Morgan fingerprint density at radius 3 is 2.21 bits per heavy atom. The van der Waals surface area contributed by atoms with Crippen molar-refractivity contribution in [2.24, 2.45) is 0 Å². The minimum Gasteiger partial charge on any atom is -0.353 e. The molecular weight excluding hydrogens is 495 g/mol. The van der Waals surface area contributed by atoms with Crippen LogP contribution in [0.15, 0.2) is 103 Å². The number of aromatic nitrogens is 2. The van der Waals surface area contributed by atoms with Crippen molar-refractivity contribution in [3.63, 3.8) is 0 Å². The summed E-state index contributed by atoms with van der Waals surface area (Å²) in [7, 11) is 0. The van der Waals surface area contributed by atoms with Gasteiger partial charge in [-0.3, -0.25) is 4.90 Å². The summed E-state index contributed by atoms with van der Waals surface area (Å²) in [5, 5.41) is 4.51. The van der Waals surface area contributed by atoms with Crippen LogP contribution in [0, 0.1) is 5.82 Å². The molecule has 0 bridgehead atoms. The largest absolute Gasteiger partial charge is 0.353 e. The first-order valence-electron chi connectivity index (χ1n) is 13.1. The smallest absolute Gasteiger partial charge is 0.204 e. The molecule has 0 amide bonds. The molecule has 4 nitrogen and oxygen atoms in total. The Morgan fingerprint density at radius 1 is 0.816 bits per heavy atom. The van der Waals surface area contributed by atoms with E-state index < -0.39 is 0 Å². The molecule has 1 N–H and O–H groups in total. The van der Waals surface area contributed by atoms with Crippen LogP contribution in [0.4, 0.5) is 10.3 Å². The van der Waals surface area contributed by atoms with Crippen LogP contribution in [0.1, 0.15) is 35.6 Å². The van der Waals surface area contributed by atoms with Crippen LogP contribution in [0.5, 0.6) is 0 Å². The number of benzene rings is 4. The van der Waals surface area contributed by atoms with Gasteiger partial charge in [0.1, 0.15) is 5.82 Å².